The van der Waals surface area contributed by atoms with Gasteiger partial charge in [-0.15, -0.1) is 0 Å². The van der Waals surface area contributed by atoms with Crippen LogP contribution in [0.25, 0.3) is 16.7 Å². The van der Waals surface area contributed by atoms with Crippen molar-refractivity contribution >= 4 is 22.6 Å². The first kappa shape index (κ1) is 23.8. The predicted molar refractivity (Wildman–Crippen MR) is 139 cm³/mol. The summed E-state index contributed by atoms with van der Waals surface area (Å²) in [7, 11) is 0. The van der Waals surface area contributed by atoms with Crippen LogP contribution in [0.5, 0.6) is 0 Å². The minimum atomic E-state index is -0.265. The normalized spacial score (nSPS) is 14.0. The largest absolute Gasteiger partial charge is 0.368 e. The third-order valence-electron chi connectivity index (χ3n) is 6.95. The first-order valence-electron chi connectivity index (χ1n) is 12.3. The van der Waals surface area contributed by atoms with E-state index < -0.39 is 0 Å². The second-order valence-electron chi connectivity index (χ2n) is 9.32. The molecule has 186 valence electrons. The van der Waals surface area contributed by atoms with Crippen LogP contribution in [-0.2, 0) is 17.8 Å². The van der Waals surface area contributed by atoms with E-state index in [1.165, 1.54) is 12.1 Å². The second-order valence-corrected chi connectivity index (χ2v) is 9.32. The van der Waals surface area contributed by atoms with Crippen LogP contribution in [0.4, 0.5) is 10.1 Å². The molecule has 0 saturated carbocycles. The molecule has 2 aromatic heterocycles. The highest BCUT2D eigenvalue weighted by atomic mass is 19.1. The maximum Gasteiger partial charge on any atom is 0.252 e. The lowest BCUT2D eigenvalue weighted by Crippen LogP contribution is -2.50. The monoisotopic (exact) mass is 487 g/mol. The number of aromatic nitrogens is 3. The van der Waals surface area contributed by atoms with Gasteiger partial charge in [-0.2, -0.15) is 5.10 Å². The Morgan fingerprint density at radius 2 is 1.58 bits per heavy atom. The van der Waals surface area contributed by atoms with Crippen LogP contribution in [0.2, 0.25) is 0 Å². The number of hydrogen-bond acceptors (Lipinski definition) is 4. The number of benzene rings is 2. The first-order valence-corrected chi connectivity index (χ1v) is 12.3. The third kappa shape index (κ3) is 4.39. The smallest absolute Gasteiger partial charge is 0.252 e. The van der Waals surface area contributed by atoms with Gasteiger partial charge in [0.15, 0.2) is 0 Å². The van der Waals surface area contributed by atoms with Gasteiger partial charge in [0.2, 0.25) is 5.91 Å². The van der Waals surface area contributed by atoms with E-state index in [1.54, 1.807) is 32.3 Å². The number of carbonyl (C=O) groups is 1. The summed E-state index contributed by atoms with van der Waals surface area (Å²) in [6.07, 6.45) is 0.701. The molecule has 3 heterocycles. The molecule has 0 atom stereocenters. The fourth-order valence-electron chi connectivity index (χ4n) is 4.94. The molecule has 0 unspecified atom stereocenters. The summed E-state index contributed by atoms with van der Waals surface area (Å²) in [6.45, 7) is 8.32. The van der Waals surface area contributed by atoms with Gasteiger partial charge >= 0.3 is 0 Å². The van der Waals surface area contributed by atoms with Gasteiger partial charge < -0.3 is 9.80 Å². The van der Waals surface area contributed by atoms with Crippen LogP contribution in [0.15, 0.2) is 59.4 Å². The fraction of sp³-hybridized carbons (Fsp3) is 0.321. The van der Waals surface area contributed by atoms with Crippen LogP contribution >= 0.6 is 0 Å². The summed E-state index contributed by atoms with van der Waals surface area (Å²) in [4.78, 5) is 30.6. The number of piperazine rings is 1. The van der Waals surface area contributed by atoms with Gasteiger partial charge in [-0.3, -0.25) is 14.2 Å². The Bertz CT molecular complexity index is 1460. The molecule has 0 aliphatic carbocycles. The summed E-state index contributed by atoms with van der Waals surface area (Å²) >= 11 is 0. The molecule has 1 aliphatic heterocycles. The van der Waals surface area contributed by atoms with Gasteiger partial charge in [-0.1, -0.05) is 24.6 Å². The molecule has 7 nitrogen and oxygen atoms in total. The molecular weight excluding hydrogens is 457 g/mol. The van der Waals surface area contributed by atoms with Crippen molar-refractivity contribution in [2.75, 3.05) is 31.1 Å². The highest BCUT2D eigenvalue weighted by molar-refractivity contribution is 5.86. The van der Waals surface area contributed by atoms with E-state index in [1.807, 2.05) is 45.0 Å². The number of aryl methyl sites for hydroxylation is 3. The zero-order valence-corrected chi connectivity index (χ0v) is 20.9. The summed E-state index contributed by atoms with van der Waals surface area (Å²) in [5.41, 5.74) is 5.13. The fourth-order valence-corrected chi connectivity index (χ4v) is 4.94. The van der Waals surface area contributed by atoms with Gasteiger partial charge in [-0.05, 0) is 62.2 Å². The molecule has 0 spiro atoms. The number of rotatable bonds is 5. The molecule has 5 rings (SSSR count). The van der Waals surface area contributed by atoms with Crippen LogP contribution < -0.4 is 10.5 Å². The molecule has 1 aliphatic rings. The van der Waals surface area contributed by atoms with Gasteiger partial charge in [0, 0.05) is 43.3 Å². The number of nitrogens with zero attached hydrogens (tertiary/aromatic N) is 5. The van der Waals surface area contributed by atoms with E-state index in [0.717, 1.165) is 33.6 Å². The van der Waals surface area contributed by atoms with Crippen molar-refractivity contribution in [3.05, 3.63) is 87.6 Å². The Morgan fingerprint density at radius 1 is 0.944 bits per heavy atom. The molecular formula is C28H30FN5O2. The molecule has 0 bridgehead atoms. The van der Waals surface area contributed by atoms with E-state index in [9.17, 15) is 14.0 Å². The van der Waals surface area contributed by atoms with E-state index in [0.29, 0.717) is 38.2 Å². The third-order valence-corrected chi connectivity index (χ3v) is 6.95. The van der Waals surface area contributed by atoms with Crippen LogP contribution in [0.3, 0.4) is 0 Å². The van der Waals surface area contributed by atoms with Crippen molar-refractivity contribution in [3.63, 3.8) is 0 Å². The summed E-state index contributed by atoms with van der Waals surface area (Å²) in [5, 5.41) is 5.69. The van der Waals surface area contributed by atoms with Gasteiger partial charge in [-0.25, -0.2) is 9.07 Å². The predicted octanol–water partition coefficient (Wildman–Crippen LogP) is 3.85. The number of fused-ring (bicyclic) bond motifs is 1. The van der Waals surface area contributed by atoms with Gasteiger partial charge in [0.1, 0.15) is 18.0 Å². The van der Waals surface area contributed by atoms with E-state index >= 15 is 0 Å². The van der Waals surface area contributed by atoms with E-state index in [2.05, 4.69) is 4.90 Å². The zero-order chi connectivity index (χ0) is 25.4. The molecule has 0 radical (unpaired) electrons. The number of pyridine rings is 1. The number of hydrogen-bond donors (Lipinski definition) is 0. The Balaban J connectivity index is 1.45. The van der Waals surface area contributed by atoms with E-state index in [-0.39, 0.29) is 23.8 Å². The molecule has 2 aromatic carbocycles. The molecule has 1 saturated heterocycles. The summed E-state index contributed by atoms with van der Waals surface area (Å²) in [6, 6.07) is 16.0. The lowest BCUT2D eigenvalue weighted by Gasteiger charge is -2.36. The van der Waals surface area contributed by atoms with Crippen molar-refractivity contribution in [2.45, 2.75) is 33.7 Å². The number of anilines is 1. The summed E-state index contributed by atoms with van der Waals surface area (Å²) < 4.78 is 16.6. The van der Waals surface area contributed by atoms with Crippen LogP contribution in [0, 0.1) is 19.7 Å². The minimum absolute atomic E-state index is 0.0487. The van der Waals surface area contributed by atoms with Crippen molar-refractivity contribution < 1.29 is 9.18 Å². The molecule has 1 amide bonds. The average Bonchev–Trinajstić information content (AvgIpc) is 3.23. The highest BCUT2D eigenvalue weighted by Gasteiger charge is 2.24. The Morgan fingerprint density at radius 3 is 2.22 bits per heavy atom. The SMILES string of the molecule is CCc1cc(=O)n(CC(=O)N2CCN(c3ccc(F)cc3)CC2)c2c1c(C)nn2-c1ccc(C)cc1. The van der Waals surface area contributed by atoms with Crippen molar-refractivity contribution in [2.24, 2.45) is 0 Å². The Hall–Kier alpha value is -3.94. The maximum atomic E-state index is 13.4. The number of carbonyl (C=O) groups excluding carboxylic acids is 1. The summed E-state index contributed by atoms with van der Waals surface area (Å²) in [5.74, 6) is -0.366. The molecule has 1 fully saturated rings. The Labute approximate surface area is 209 Å². The second kappa shape index (κ2) is 9.60. The number of amides is 1. The maximum absolute atomic E-state index is 13.4. The van der Waals surface area contributed by atoms with Crippen LogP contribution in [-0.4, -0.2) is 51.3 Å². The number of halogens is 1. The zero-order valence-electron chi connectivity index (χ0n) is 20.9. The highest BCUT2D eigenvalue weighted by Crippen LogP contribution is 2.25. The lowest BCUT2D eigenvalue weighted by molar-refractivity contribution is -0.132. The van der Waals surface area contributed by atoms with Crippen molar-refractivity contribution in [1.29, 1.82) is 0 Å². The van der Waals surface area contributed by atoms with Gasteiger partial charge in [0.05, 0.1) is 11.4 Å². The average molecular weight is 488 g/mol. The van der Waals surface area contributed by atoms with Gasteiger partial charge in [0.25, 0.3) is 5.56 Å². The van der Waals surface area contributed by atoms with Crippen LogP contribution in [0.1, 0.15) is 23.7 Å². The van der Waals surface area contributed by atoms with E-state index in [4.69, 9.17) is 5.10 Å². The molecule has 0 N–H and O–H groups in total. The molecule has 8 heteroatoms. The quantitative estimate of drug-likeness (QED) is 0.429. The first-order chi connectivity index (χ1) is 17.4. The lowest BCUT2D eigenvalue weighted by atomic mass is 10.1. The minimum Gasteiger partial charge on any atom is -0.368 e. The molecule has 36 heavy (non-hydrogen) atoms. The van der Waals surface area contributed by atoms with Crippen molar-refractivity contribution in [1.82, 2.24) is 19.2 Å². The van der Waals surface area contributed by atoms with Crippen molar-refractivity contribution in [3.8, 4) is 5.69 Å². The molecule has 4 aromatic rings. The standard InChI is InChI=1S/C28H30FN5O2/c1-4-21-17-25(35)33(28-27(21)20(3)30-34(28)24-9-5-19(2)6-10-24)18-26(36)32-15-13-31(14-16-32)23-11-7-22(29)8-12-23/h5-12,17H,4,13-16,18H2,1-3H3. The topological polar surface area (TPSA) is 63.4 Å². The Kier molecular flexibility index (Phi) is 6.35.